The molecule has 10 heavy (non-hydrogen) atoms. The lowest BCUT2D eigenvalue weighted by Crippen LogP contribution is -2.40. The average molecular weight is 142 g/mol. The summed E-state index contributed by atoms with van der Waals surface area (Å²) in [5.74, 6) is 0. The zero-order valence-corrected chi connectivity index (χ0v) is 7.22. The second kappa shape index (κ2) is 2.51. The van der Waals surface area contributed by atoms with E-state index in [-0.39, 0.29) is 5.54 Å². The van der Waals surface area contributed by atoms with Gasteiger partial charge in [0.05, 0.1) is 0 Å². The summed E-state index contributed by atoms with van der Waals surface area (Å²) in [6.45, 7) is 8.81. The molecule has 1 rings (SSSR count). The number of rotatable bonds is 1. The van der Waals surface area contributed by atoms with E-state index in [0.717, 1.165) is 13.0 Å². The van der Waals surface area contributed by atoms with Crippen molar-refractivity contribution in [2.24, 2.45) is 5.73 Å². The third-order valence-corrected chi connectivity index (χ3v) is 2.26. The number of hydrogen-bond donors (Lipinski definition) is 1. The van der Waals surface area contributed by atoms with Crippen molar-refractivity contribution in [1.29, 1.82) is 0 Å². The fraction of sp³-hybridized carbons (Fsp3) is 1.00. The summed E-state index contributed by atoms with van der Waals surface area (Å²) in [6.07, 6.45) is 1.14. The summed E-state index contributed by atoms with van der Waals surface area (Å²) in [4.78, 5) is 2.43. The first-order valence-corrected chi connectivity index (χ1v) is 4.04. The minimum absolute atomic E-state index is 0.0737. The standard InChI is InChI=1S/C8H18N2/c1-7(2)10-5-4-8(3,9)6-10/h7H,4-6,9H2,1-3H3/t8-/m1/s1. The van der Waals surface area contributed by atoms with Crippen LogP contribution in [0.4, 0.5) is 0 Å². The number of likely N-dealkylation sites (tertiary alicyclic amines) is 1. The summed E-state index contributed by atoms with van der Waals surface area (Å²) in [5.41, 5.74) is 6.04. The predicted molar refractivity (Wildman–Crippen MR) is 43.9 cm³/mol. The lowest BCUT2D eigenvalue weighted by atomic mass is 10.0. The van der Waals surface area contributed by atoms with E-state index in [4.69, 9.17) is 5.73 Å². The largest absolute Gasteiger partial charge is 0.324 e. The molecule has 0 unspecified atom stereocenters. The molecule has 0 aliphatic carbocycles. The minimum atomic E-state index is 0.0737. The monoisotopic (exact) mass is 142 g/mol. The molecule has 60 valence electrons. The van der Waals surface area contributed by atoms with Crippen LogP contribution in [0.2, 0.25) is 0 Å². The first kappa shape index (κ1) is 8.02. The molecule has 2 heteroatoms. The van der Waals surface area contributed by atoms with Crippen molar-refractivity contribution in [2.45, 2.75) is 38.8 Å². The Morgan fingerprint density at radius 1 is 1.50 bits per heavy atom. The van der Waals surface area contributed by atoms with E-state index in [1.807, 2.05) is 0 Å². The van der Waals surface area contributed by atoms with Gasteiger partial charge < -0.3 is 5.73 Å². The third-order valence-electron chi connectivity index (χ3n) is 2.26. The zero-order valence-electron chi connectivity index (χ0n) is 7.22. The smallest absolute Gasteiger partial charge is 0.0267 e. The van der Waals surface area contributed by atoms with Crippen molar-refractivity contribution in [1.82, 2.24) is 4.90 Å². The van der Waals surface area contributed by atoms with E-state index >= 15 is 0 Å². The van der Waals surface area contributed by atoms with Gasteiger partial charge in [-0.25, -0.2) is 0 Å². The molecule has 0 spiro atoms. The lowest BCUT2D eigenvalue weighted by molar-refractivity contribution is 0.260. The van der Waals surface area contributed by atoms with Crippen molar-refractivity contribution in [3.05, 3.63) is 0 Å². The molecule has 1 saturated heterocycles. The average Bonchev–Trinajstić information content (AvgIpc) is 2.10. The van der Waals surface area contributed by atoms with E-state index < -0.39 is 0 Å². The fourth-order valence-electron chi connectivity index (χ4n) is 1.46. The normalized spacial score (nSPS) is 35.7. The van der Waals surface area contributed by atoms with Crippen molar-refractivity contribution in [2.75, 3.05) is 13.1 Å². The van der Waals surface area contributed by atoms with Crippen LogP contribution in [0.5, 0.6) is 0 Å². The molecule has 0 saturated carbocycles. The van der Waals surface area contributed by atoms with Gasteiger partial charge >= 0.3 is 0 Å². The third kappa shape index (κ3) is 1.70. The Morgan fingerprint density at radius 2 is 2.10 bits per heavy atom. The van der Waals surface area contributed by atoms with Crippen LogP contribution in [0.15, 0.2) is 0 Å². The SMILES string of the molecule is CC(C)N1CC[C@@](C)(N)C1. The number of nitrogens with two attached hydrogens (primary N) is 1. The van der Waals surface area contributed by atoms with Gasteiger partial charge in [0.2, 0.25) is 0 Å². The molecule has 1 fully saturated rings. The second-order valence-corrected chi connectivity index (χ2v) is 3.97. The molecule has 0 amide bonds. The molecule has 0 bridgehead atoms. The first-order valence-electron chi connectivity index (χ1n) is 4.04. The highest BCUT2D eigenvalue weighted by molar-refractivity contribution is 4.91. The topological polar surface area (TPSA) is 29.3 Å². The molecule has 2 nitrogen and oxygen atoms in total. The Morgan fingerprint density at radius 3 is 2.30 bits per heavy atom. The summed E-state index contributed by atoms with van der Waals surface area (Å²) in [6, 6.07) is 0.658. The molecule has 0 aromatic carbocycles. The van der Waals surface area contributed by atoms with Crippen molar-refractivity contribution in [3.8, 4) is 0 Å². The maximum absolute atomic E-state index is 5.96. The summed E-state index contributed by atoms with van der Waals surface area (Å²) >= 11 is 0. The van der Waals surface area contributed by atoms with E-state index in [1.165, 1.54) is 6.54 Å². The van der Waals surface area contributed by atoms with Crippen LogP contribution in [0.25, 0.3) is 0 Å². The van der Waals surface area contributed by atoms with Crippen molar-refractivity contribution >= 4 is 0 Å². The van der Waals surface area contributed by atoms with Gasteiger partial charge in [-0.2, -0.15) is 0 Å². The quantitative estimate of drug-likeness (QED) is 0.587. The molecule has 1 heterocycles. The van der Waals surface area contributed by atoms with E-state index in [0.29, 0.717) is 6.04 Å². The van der Waals surface area contributed by atoms with Gasteiger partial charge in [0.25, 0.3) is 0 Å². The van der Waals surface area contributed by atoms with Crippen molar-refractivity contribution < 1.29 is 0 Å². The molecule has 0 radical (unpaired) electrons. The van der Waals surface area contributed by atoms with Crippen LogP contribution in [-0.4, -0.2) is 29.6 Å². The minimum Gasteiger partial charge on any atom is -0.324 e. The van der Waals surface area contributed by atoms with Crippen molar-refractivity contribution in [3.63, 3.8) is 0 Å². The van der Waals surface area contributed by atoms with Gasteiger partial charge in [0.15, 0.2) is 0 Å². The molecule has 1 aliphatic rings. The Balaban J connectivity index is 2.43. The predicted octanol–water partition coefficient (Wildman–Crippen LogP) is 0.818. The van der Waals surface area contributed by atoms with Crippen LogP contribution in [-0.2, 0) is 0 Å². The van der Waals surface area contributed by atoms with Gasteiger partial charge in [-0.15, -0.1) is 0 Å². The van der Waals surface area contributed by atoms with E-state index in [9.17, 15) is 0 Å². The summed E-state index contributed by atoms with van der Waals surface area (Å²) in [7, 11) is 0. The Kier molecular flexibility index (Phi) is 2.02. The van der Waals surface area contributed by atoms with Crippen LogP contribution < -0.4 is 5.73 Å². The zero-order chi connectivity index (χ0) is 7.78. The number of hydrogen-bond acceptors (Lipinski definition) is 2. The van der Waals surface area contributed by atoms with Gasteiger partial charge in [-0.05, 0) is 27.2 Å². The van der Waals surface area contributed by atoms with Gasteiger partial charge in [0.1, 0.15) is 0 Å². The fourth-order valence-corrected chi connectivity index (χ4v) is 1.46. The molecule has 0 aromatic heterocycles. The summed E-state index contributed by atoms with van der Waals surface area (Å²) < 4.78 is 0. The highest BCUT2D eigenvalue weighted by atomic mass is 15.2. The molecular formula is C8H18N2. The Labute approximate surface area is 63.4 Å². The molecule has 1 aliphatic heterocycles. The Bertz CT molecular complexity index is 118. The highest BCUT2D eigenvalue weighted by Crippen LogP contribution is 2.19. The molecular weight excluding hydrogens is 124 g/mol. The Hall–Kier alpha value is -0.0800. The van der Waals surface area contributed by atoms with Crippen LogP contribution in [0.3, 0.4) is 0 Å². The van der Waals surface area contributed by atoms with E-state index in [1.54, 1.807) is 0 Å². The maximum Gasteiger partial charge on any atom is 0.0267 e. The van der Waals surface area contributed by atoms with Gasteiger partial charge in [0, 0.05) is 24.7 Å². The summed E-state index contributed by atoms with van der Waals surface area (Å²) in [5, 5.41) is 0. The van der Waals surface area contributed by atoms with Gasteiger partial charge in [-0.3, -0.25) is 4.90 Å². The van der Waals surface area contributed by atoms with Crippen LogP contribution in [0.1, 0.15) is 27.2 Å². The molecule has 0 aromatic rings. The van der Waals surface area contributed by atoms with Crippen LogP contribution >= 0.6 is 0 Å². The molecule has 2 N–H and O–H groups in total. The number of nitrogens with zero attached hydrogens (tertiary/aromatic N) is 1. The highest BCUT2D eigenvalue weighted by Gasteiger charge is 2.30. The first-order chi connectivity index (χ1) is 4.51. The molecule has 1 atom stereocenters. The second-order valence-electron chi connectivity index (χ2n) is 3.97. The van der Waals surface area contributed by atoms with E-state index in [2.05, 4.69) is 25.7 Å². The maximum atomic E-state index is 5.96. The lowest BCUT2D eigenvalue weighted by Gasteiger charge is -2.22. The van der Waals surface area contributed by atoms with Gasteiger partial charge in [-0.1, -0.05) is 0 Å². The van der Waals surface area contributed by atoms with Crippen LogP contribution in [0, 0.1) is 0 Å².